The Bertz CT molecular complexity index is 1360. The first-order valence-electron chi connectivity index (χ1n) is 9.32. The molecule has 1 amide bonds. The molecule has 3 heterocycles. The van der Waals surface area contributed by atoms with E-state index in [0.717, 1.165) is 11.3 Å². The number of likely N-dealkylation sites (tertiary alicyclic amines) is 1. The van der Waals surface area contributed by atoms with E-state index >= 15 is 0 Å². The van der Waals surface area contributed by atoms with Crippen molar-refractivity contribution in [3.63, 3.8) is 0 Å². The van der Waals surface area contributed by atoms with Gasteiger partial charge in [-0.2, -0.15) is 4.72 Å². The summed E-state index contributed by atoms with van der Waals surface area (Å²) in [5, 5.41) is 28.2. The van der Waals surface area contributed by atoms with Crippen molar-refractivity contribution >= 4 is 54.9 Å². The number of nitrogens with two attached hydrogens (primary N) is 1. The zero-order chi connectivity index (χ0) is 23.2. The number of hydrogen-bond donors (Lipinski definition) is 5. The number of aromatic nitrogens is 1. The molecule has 1 aliphatic heterocycles. The number of rotatable bonds is 6. The van der Waals surface area contributed by atoms with E-state index in [1.54, 1.807) is 12.1 Å². The molecule has 1 aliphatic rings. The summed E-state index contributed by atoms with van der Waals surface area (Å²) in [5.41, 5.74) is 5.93. The van der Waals surface area contributed by atoms with E-state index in [-0.39, 0.29) is 51.6 Å². The van der Waals surface area contributed by atoms with Crippen LogP contribution in [-0.4, -0.2) is 52.8 Å². The zero-order valence-electron chi connectivity index (χ0n) is 16.4. The third-order valence-corrected chi connectivity index (χ3v) is 8.32. The first-order chi connectivity index (χ1) is 15.1. The van der Waals surface area contributed by atoms with Gasteiger partial charge in [-0.3, -0.25) is 10.2 Å². The number of nitrogen functional groups attached to an aromatic ring is 1. The molecule has 3 aromatic rings. The Morgan fingerprint density at radius 1 is 1.34 bits per heavy atom. The summed E-state index contributed by atoms with van der Waals surface area (Å²) in [6, 6.07) is 6.21. The molecule has 6 N–H and O–H groups in total. The van der Waals surface area contributed by atoms with Crippen LogP contribution in [0.25, 0.3) is 10.2 Å². The van der Waals surface area contributed by atoms with Gasteiger partial charge in [-0.05, 0) is 36.8 Å². The SMILES string of the molecule is N=C(N)c1ccc(O)c(CN2CCC(NS(=O)(=O)c3cc4nc(Cl)ccc4s3)C2=O)c1O. The number of nitrogens with one attached hydrogen (secondary N) is 2. The summed E-state index contributed by atoms with van der Waals surface area (Å²) in [6.07, 6.45) is 0.209. The van der Waals surface area contributed by atoms with Crippen LogP contribution in [0.1, 0.15) is 17.5 Å². The van der Waals surface area contributed by atoms with Crippen molar-refractivity contribution < 1.29 is 23.4 Å². The Labute approximate surface area is 191 Å². The number of amides is 1. The molecule has 0 spiro atoms. The lowest BCUT2D eigenvalue weighted by atomic mass is 10.1. The monoisotopic (exact) mass is 495 g/mol. The van der Waals surface area contributed by atoms with Gasteiger partial charge in [0.05, 0.1) is 27.9 Å². The molecule has 4 rings (SSSR count). The highest BCUT2D eigenvalue weighted by molar-refractivity contribution is 7.91. The summed E-state index contributed by atoms with van der Waals surface area (Å²) < 4.78 is 28.7. The van der Waals surface area contributed by atoms with Crippen LogP contribution >= 0.6 is 22.9 Å². The number of pyridine rings is 1. The predicted molar refractivity (Wildman–Crippen MR) is 120 cm³/mol. The van der Waals surface area contributed by atoms with Crippen LogP contribution in [-0.2, 0) is 21.4 Å². The molecule has 32 heavy (non-hydrogen) atoms. The second-order valence-electron chi connectivity index (χ2n) is 7.18. The predicted octanol–water partition coefficient (Wildman–Crippen LogP) is 1.72. The van der Waals surface area contributed by atoms with Gasteiger partial charge in [0.15, 0.2) is 0 Å². The Kier molecular flexibility index (Phi) is 5.71. The third-order valence-electron chi connectivity index (χ3n) is 5.07. The van der Waals surface area contributed by atoms with Gasteiger partial charge in [0.25, 0.3) is 10.0 Å². The number of carbonyl (C=O) groups excluding carboxylic acids is 1. The van der Waals surface area contributed by atoms with Crippen molar-refractivity contribution in [2.24, 2.45) is 5.73 Å². The molecule has 10 nitrogen and oxygen atoms in total. The quantitative estimate of drug-likeness (QED) is 0.197. The lowest BCUT2D eigenvalue weighted by Gasteiger charge is -2.19. The average molecular weight is 496 g/mol. The highest BCUT2D eigenvalue weighted by atomic mass is 35.5. The van der Waals surface area contributed by atoms with Gasteiger partial charge in [-0.15, -0.1) is 11.3 Å². The molecule has 0 aliphatic carbocycles. The minimum atomic E-state index is -3.99. The number of aromatic hydroxyl groups is 2. The second kappa shape index (κ2) is 8.20. The van der Waals surface area contributed by atoms with Crippen molar-refractivity contribution in [1.29, 1.82) is 5.41 Å². The van der Waals surface area contributed by atoms with Crippen LogP contribution in [0.4, 0.5) is 0 Å². The first-order valence-corrected chi connectivity index (χ1v) is 12.0. The van der Waals surface area contributed by atoms with E-state index in [4.69, 9.17) is 22.7 Å². The van der Waals surface area contributed by atoms with Crippen LogP contribution in [0.5, 0.6) is 11.5 Å². The molecule has 13 heteroatoms. The topological polar surface area (TPSA) is 170 Å². The second-order valence-corrected chi connectivity index (χ2v) is 10.6. The van der Waals surface area contributed by atoms with Gasteiger partial charge < -0.3 is 20.8 Å². The van der Waals surface area contributed by atoms with E-state index in [0.29, 0.717) is 10.2 Å². The standard InChI is InChI=1S/C19H18ClN5O5S2/c20-15-4-3-14-12(23-15)7-16(31-14)32(29,30)24-11-5-6-25(19(11)28)8-10-13(26)2-1-9(17(10)27)18(21)22/h1-4,7,11,24,26-27H,5-6,8H2,(H3,21,22). The van der Waals surface area contributed by atoms with Crippen LogP contribution in [0.3, 0.4) is 0 Å². The highest BCUT2D eigenvalue weighted by Crippen LogP contribution is 2.33. The number of sulfonamides is 1. The Morgan fingerprint density at radius 2 is 2.09 bits per heavy atom. The summed E-state index contributed by atoms with van der Waals surface area (Å²) >= 11 is 6.87. The molecule has 0 saturated carbocycles. The van der Waals surface area contributed by atoms with Gasteiger partial charge in [0, 0.05) is 6.54 Å². The molecule has 1 atom stereocenters. The number of thiophene rings is 1. The number of fused-ring (bicyclic) bond motifs is 1. The fraction of sp³-hybridized carbons (Fsp3) is 0.211. The summed E-state index contributed by atoms with van der Waals surface area (Å²) in [5.74, 6) is -1.55. The van der Waals surface area contributed by atoms with Crippen LogP contribution in [0.2, 0.25) is 5.15 Å². The summed E-state index contributed by atoms with van der Waals surface area (Å²) in [7, 11) is -3.99. The number of hydrogen-bond acceptors (Lipinski definition) is 8. The molecule has 1 unspecified atom stereocenters. The minimum Gasteiger partial charge on any atom is -0.507 e. The van der Waals surface area contributed by atoms with Crippen LogP contribution < -0.4 is 10.5 Å². The molecule has 0 bridgehead atoms. The summed E-state index contributed by atoms with van der Waals surface area (Å²) in [4.78, 5) is 18.2. The van der Waals surface area contributed by atoms with E-state index in [9.17, 15) is 23.4 Å². The Balaban J connectivity index is 1.52. The number of carbonyl (C=O) groups is 1. The first kappa shape index (κ1) is 22.3. The maximum atomic E-state index is 12.8. The molecular weight excluding hydrogens is 478 g/mol. The average Bonchev–Trinajstić information content (AvgIpc) is 3.29. The third kappa shape index (κ3) is 4.09. The van der Waals surface area contributed by atoms with E-state index < -0.39 is 27.7 Å². The van der Waals surface area contributed by atoms with Gasteiger partial charge in [0.1, 0.15) is 32.7 Å². The molecule has 2 aromatic heterocycles. The van der Waals surface area contributed by atoms with Gasteiger partial charge >= 0.3 is 0 Å². The van der Waals surface area contributed by atoms with Crippen molar-refractivity contribution in [2.45, 2.75) is 23.2 Å². The normalized spacial score (nSPS) is 16.7. The number of amidine groups is 1. The van der Waals surface area contributed by atoms with Gasteiger partial charge in [-0.1, -0.05) is 11.6 Å². The maximum absolute atomic E-state index is 12.8. The number of nitrogens with zero attached hydrogens (tertiary/aromatic N) is 2. The molecule has 168 valence electrons. The Morgan fingerprint density at radius 3 is 2.81 bits per heavy atom. The van der Waals surface area contributed by atoms with Crippen molar-refractivity contribution in [3.05, 3.63) is 46.6 Å². The minimum absolute atomic E-state index is 0.0120. The fourth-order valence-corrected chi connectivity index (χ4v) is 6.16. The Hall–Kier alpha value is -2.93. The smallest absolute Gasteiger partial charge is 0.250 e. The van der Waals surface area contributed by atoms with E-state index in [2.05, 4.69) is 9.71 Å². The van der Waals surface area contributed by atoms with Crippen LogP contribution in [0, 0.1) is 5.41 Å². The van der Waals surface area contributed by atoms with E-state index in [1.807, 2.05) is 0 Å². The number of phenolic OH excluding ortho intramolecular Hbond substituents is 2. The number of phenols is 2. The van der Waals surface area contributed by atoms with Gasteiger partial charge in [0.2, 0.25) is 5.91 Å². The van der Waals surface area contributed by atoms with Gasteiger partial charge in [-0.25, -0.2) is 13.4 Å². The largest absolute Gasteiger partial charge is 0.507 e. The van der Waals surface area contributed by atoms with Crippen molar-refractivity contribution in [1.82, 2.24) is 14.6 Å². The number of halogens is 1. The molecule has 1 saturated heterocycles. The van der Waals surface area contributed by atoms with Crippen molar-refractivity contribution in [3.8, 4) is 11.5 Å². The molecule has 1 fully saturated rings. The zero-order valence-corrected chi connectivity index (χ0v) is 18.8. The maximum Gasteiger partial charge on any atom is 0.250 e. The molecule has 1 aromatic carbocycles. The summed E-state index contributed by atoms with van der Waals surface area (Å²) in [6.45, 7) is 0.0416. The highest BCUT2D eigenvalue weighted by Gasteiger charge is 2.36. The number of benzene rings is 1. The van der Waals surface area contributed by atoms with Crippen LogP contribution in [0.15, 0.2) is 34.5 Å². The van der Waals surface area contributed by atoms with Crippen molar-refractivity contribution in [2.75, 3.05) is 6.54 Å². The van der Waals surface area contributed by atoms with E-state index in [1.165, 1.54) is 23.1 Å². The molecule has 0 radical (unpaired) electrons. The lowest BCUT2D eigenvalue weighted by molar-refractivity contribution is -0.129. The lowest BCUT2D eigenvalue weighted by Crippen LogP contribution is -2.41. The molecular formula is C19H18ClN5O5S2. The fourth-order valence-electron chi connectivity index (χ4n) is 3.45.